The number of hydrogen-bond donors (Lipinski definition) is 1. The molecule has 1 nitrogen and oxygen atoms in total. The summed E-state index contributed by atoms with van der Waals surface area (Å²) in [5.41, 5.74) is 3.20. The zero-order chi connectivity index (χ0) is 6.10. The van der Waals surface area contributed by atoms with Crippen molar-refractivity contribution in [3.8, 4) is 0 Å². The second kappa shape index (κ2) is 1.88. The van der Waals surface area contributed by atoms with Gasteiger partial charge in [0, 0.05) is 0 Å². The molecule has 1 aromatic carbocycles. The van der Waals surface area contributed by atoms with Crippen molar-refractivity contribution in [3.05, 3.63) is 29.8 Å². The van der Waals surface area contributed by atoms with Gasteiger partial charge in [-0.15, -0.1) is 5.46 Å². The normalized spacial score (nSPS) is 15.6. The summed E-state index contributed by atoms with van der Waals surface area (Å²) < 4.78 is 0. The Morgan fingerprint density at radius 2 is 2.22 bits per heavy atom. The summed E-state index contributed by atoms with van der Waals surface area (Å²) in [6.07, 6.45) is 0. The van der Waals surface area contributed by atoms with Crippen LogP contribution in [-0.2, 0) is 6.54 Å². The quantitative estimate of drug-likeness (QED) is 0.399. The average molecular weight is 119 g/mol. The van der Waals surface area contributed by atoms with Crippen LogP contribution < -0.4 is 10.7 Å². The van der Waals surface area contributed by atoms with Crippen LogP contribution in [0.4, 0.5) is 0 Å². The third kappa shape index (κ3) is 0.755. The summed E-state index contributed by atoms with van der Waals surface area (Å²) in [5.74, 6) is 0. The molecule has 0 saturated carbocycles. The summed E-state index contributed by atoms with van der Waals surface area (Å²) in [6, 6.07) is 8.77. The van der Waals surface area contributed by atoms with Gasteiger partial charge in [-0.05, 0) is 5.56 Å². The number of fused-ring (bicyclic) bond motifs is 1. The van der Waals surface area contributed by atoms with Gasteiger partial charge in [-0.2, -0.15) is 0 Å². The van der Waals surface area contributed by atoms with E-state index in [4.69, 9.17) is 0 Å². The third-order valence-electron chi connectivity index (χ3n) is 2.20. The summed E-state index contributed by atoms with van der Waals surface area (Å²) in [7, 11) is 0.178. The summed E-state index contributed by atoms with van der Waals surface area (Å²) in [6.45, 7) is 1.23. The maximum Gasteiger partial charge on any atom is 0.208 e. The van der Waals surface area contributed by atoms with Crippen LogP contribution in [0.15, 0.2) is 24.3 Å². The molecule has 0 amide bonds. The smallest absolute Gasteiger partial charge is 0.208 e. The largest absolute Gasteiger partial charge is 0.534 e. The first kappa shape index (κ1) is 5.06. The minimum Gasteiger partial charge on any atom is -0.534 e. The minimum atomic E-state index is 0.178. The Balaban J connectivity index is 2.54. The lowest BCUT2D eigenvalue weighted by molar-refractivity contribution is -0.524. The van der Waals surface area contributed by atoms with Crippen molar-refractivity contribution in [2.24, 2.45) is 0 Å². The van der Waals surface area contributed by atoms with E-state index >= 15 is 0 Å². The van der Waals surface area contributed by atoms with E-state index in [0.29, 0.717) is 0 Å². The molecule has 9 heavy (non-hydrogen) atoms. The lowest BCUT2D eigenvalue weighted by atomic mass is 9.85. The van der Waals surface area contributed by atoms with Gasteiger partial charge in [0.05, 0.1) is 6.54 Å². The van der Waals surface area contributed by atoms with Crippen molar-refractivity contribution < 1.29 is 5.23 Å². The third-order valence-corrected chi connectivity index (χ3v) is 2.20. The highest BCUT2D eigenvalue weighted by atomic mass is 14.8. The van der Waals surface area contributed by atoms with E-state index in [1.807, 2.05) is 0 Å². The lowest BCUT2D eigenvalue weighted by Gasteiger charge is -1.93. The van der Waals surface area contributed by atoms with E-state index in [9.17, 15) is 0 Å². The fraction of sp³-hybridized carbons (Fsp3) is 0.143. The fourth-order valence-electron chi connectivity index (χ4n) is 1.66. The van der Waals surface area contributed by atoms with Crippen LogP contribution in [0.2, 0.25) is 0 Å². The first-order valence-electron chi connectivity index (χ1n) is 3.67. The molecule has 0 saturated heterocycles. The lowest BCUT2D eigenvalue weighted by Crippen LogP contribution is -2.83. The monoisotopic (exact) mass is 119 g/mol. The molecule has 0 bridgehead atoms. The molecule has 2 N–H and O–H groups in total. The van der Waals surface area contributed by atoms with Gasteiger partial charge >= 0.3 is 0 Å². The molecule has 0 aliphatic carbocycles. The van der Waals surface area contributed by atoms with E-state index < -0.39 is 0 Å². The second-order valence-electron chi connectivity index (χ2n) is 2.83. The van der Waals surface area contributed by atoms with Crippen LogP contribution in [-0.4, -0.2) is 7.41 Å². The predicted octanol–water partition coefficient (Wildman–Crippen LogP) is -1.53. The number of rotatable bonds is 0. The van der Waals surface area contributed by atoms with E-state index in [1.165, 1.54) is 6.54 Å². The SMILES string of the molecule is [BH2-]1[NH2+]Cc2ccccc21. The number of hydrogen-bond acceptors (Lipinski definition) is 0. The van der Waals surface area contributed by atoms with Crippen molar-refractivity contribution in [2.75, 3.05) is 0 Å². The average Bonchev–Trinajstić information content (AvgIpc) is 2.33. The highest BCUT2D eigenvalue weighted by Gasteiger charge is 2.04. The van der Waals surface area contributed by atoms with Gasteiger partial charge in [0.2, 0.25) is 7.41 Å². The van der Waals surface area contributed by atoms with Crippen molar-refractivity contribution in [1.29, 1.82) is 0 Å². The molecule has 2 heteroatoms. The topological polar surface area (TPSA) is 16.6 Å². The van der Waals surface area contributed by atoms with Gasteiger partial charge in [-0.1, -0.05) is 24.3 Å². The van der Waals surface area contributed by atoms with Crippen molar-refractivity contribution in [1.82, 2.24) is 0 Å². The number of benzene rings is 1. The van der Waals surface area contributed by atoms with Crippen LogP contribution in [0, 0.1) is 0 Å². The van der Waals surface area contributed by atoms with Gasteiger partial charge in [0.1, 0.15) is 0 Å². The molecule has 0 fully saturated rings. The molecule has 0 aromatic heterocycles. The van der Waals surface area contributed by atoms with Crippen molar-refractivity contribution in [2.45, 2.75) is 6.54 Å². The molecule has 1 heterocycles. The van der Waals surface area contributed by atoms with Gasteiger partial charge in [-0.25, -0.2) is 0 Å². The minimum absolute atomic E-state index is 0.178. The number of nitrogens with two attached hydrogens (primary N) is 1. The second-order valence-corrected chi connectivity index (χ2v) is 2.83. The zero-order valence-electron chi connectivity index (χ0n) is 5.59. The first-order chi connectivity index (χ1) is 4.47. The highest BCUT2D eigenvalue weighted by molar-refractivity contribution is 6.46. The standard InChI is InChI=1S/C7H10BN/c1-2-4-7-6(3-1)5-9-8-7/h1-4H,5,8-9H2. The van der Waals surface area contributed by atoms with Crippen LogP contribution in [0.1, 0.15) is 5.56 Å². The Bertz CT molecular complexity index is 199. The van der Waals surface area contributed by atoms with Gasteiger partial charge in [0.25, 0.3) is 0 Å². The van der Waals surface area contributed by atoms with E-state index in [2.05, 4.69) is 29.5 Å². The molecule has 46 valence electrons. The van der Waals surface area contributed by atoms with Crippen molar-refractivity contribution in [3.63, 3.8) is 0 Å². The highest BCUT2D eigenvalue weighted by Crippen LogP contribution is 1.93. The Hall–Kier alpha value is -0.755. The molecular formula is C7H10BN. The zero-order valence-corrected chi connectivity index (χ0v) is 5.59. The van der Waals surface area contributed by atoms with Crippen LogP contribution >= 0.6 is 0 Å². The Kier molecular flexibility index (Phi) is 1.06. The van der Waals surface area contributed by atoms with E-state index in [-0.39, 0.29) is 7.41 Å². The molecule has 0 radical (unpaired) electrons. The molecule has 1 aromatic rings. The van der Waals surface area contributed by atoms with Crippen LogP contribution in [0.3, 0.4) is 0 Å². The molecule has 1 aliphatic heterocycles. The Morgan fingerprint density at radius 1 is 1.33 bits per heavy atom. The van der Waals surface area contributed by atoms with Gasteiger partial charge in [0.15, 0.2) is 0 Å². The molecule has 0 atom stereocenters. The fourth-order valence-corrected chi connectivity index (χ4v) is 1.66. The maximum absolute atomic E-state index is 2.45. The molecule has 0 unspecified atom stereocenters. The van der Waals surface area contributed by atoms with Crippen LogP contribution in [0.25, 0.3) is 0 Å². The van der Waals surface area contributed by atoms with Crippen molar-refractivity contribution >= 4 is 12.9 Å². The van der Waals surface area contributed by atoms with Gasteiger partial charge in [-0.3, -0.25) is 0 Å². The Labute approximate surface area is 55.4 Å². The molecule has 2 rings (SSSR count). The predicted molar refractivity (Wildman–Crippen MR) is 40.2 cm³/mol. The molecule has 1 aliphatic rings. The maximum atomic E-state index is 2.45. The summed E-state index contributed by atoms with van der Waals surface area (Å²) in [5, 5.41) is 2.45. The van der Waals surface area contributed by atoms with Crippen LogP contribution in [0.5, 0.6) is 0 Å². The summed E-state index contributed by atoms with van der Waals surface area (Å²) >= 11 is 0. The Morgan fingerprint density at radius 3 is 3.11 bits per heavy atom. The van der Waals surface area contributed by atoms with E-state index in [1.54, 1.807) is 11.0 Å². The number of quaternary nitrogens is 1. The first-order valence-corrected chi connectivity index (χ1v) is 3.67. The molecular weight excluding hydrogens is 109 g/mol. The molecule has 0 spiro atoms. The van der Waals surface area contributed by atoms with Gasteiger partial charge < -0.3 is 5.23 Å². The summed E-state index contributed by atoms with van der Waals surface area (Å²) in [4.78, 5) is 0. The van der Waals surface area contributed by atoms with E-state index in [0.717, 1.165) is 0 Å².